The molecular formula is C20H15BrCl3N3OS. The molecule has 3 N–H and O–H groups in total. The highest BCUT2D eigenvalue weighted by molar-refractivity contribution is 9.10. The Hall–Kier alpha value is -1.57. The molecule has 0 aliphatic carbocycles. The number of amides is 1. The third kappa shape index (κ3) is 5.96. The largest absolute Gasteiger partial charge is 0.339 e. The maximum Gasteiger partial charge on any atom is 0.253 e. The average molecular weight is 532 g/mol. The molecule has 0 radical (unpaired) electrons. The quantitative estimate of drug-likeness (QED) is 0.219. The number of anilines is 1. The molecule has 0 heterocycles. The molecule has 3 rings (SSSR count). The first-order chi connectivity index (χ1) is 13.7. The highest BCUT2D eigenvalue weighted by Crippen LogP contribution is 2.30. The molecule has 4 nitrogen and oxygen atoms in total. The van der Waals surface area contributed by atoms with Crippen LogP contribution in [0.25, 0.3) is 10.8 Å². The minimum atomic E-state index is -1.84. The van der Waals surface area contributed by atoms with E-state index in [0.29, 0.717) is 5.56 Å². The van der Waals surface area contributed by atoms with E-state index >= 15 is 0 Å². The van der Waals surface area contributed by atoms with Crippen LogP contribution in [0, 0.1) is 0 Å². The molecule has 0 bridgehead atoms. The molecule has 0 saturated heterocycles. The van der Waals surface area contributed by atoms with Crippen molar-refractivity contribution in [1.29, 1.82) is 0 Å². The van der Waals surface area contributed by atoms with Gasteiger partial charge in [-0.3, -0.25) is 4.79 Å². The molecule has 0 fully saturated rings. The molecule has 1 atom stereocenters. The van der Waals surface area contributed by atoms with E-state index in [2.05, 4.69) is 31.9 Å². The van der Waals surface area contributed by atoms with Crippen LogP contribution in [0.1, 0.15) is 10.4 Å². The summed E-state index contributed by atoms with van der Waals surface area (Å²) in [4.78, 5) is 12.9. The van der Waals surface area contributed by atoms with Crippen LogP contribution in [0.2, 0.25) is 0 Å². The molecule has 0 aromatic heterocycles. The predicted molar refractivity (Wildman–Crippen MR) is 129 cm³/mol. The van der Waals surface area contributed by atoms with E-state index in [4.69, 9.17) is 47.0 Å². The second-order valence-corrected chi connectivity index (χ2v) is 9.77. The van der Waals surface area contributed by atoms with Crippen molar-refractivity contribution < 1.29 is 4.79 Å². The van der Waals surface area contributed by atoms with Crippen molar-refractivity contribution in [3.05, 3.63) is 76.8 Å². The summed E-state index contributed by atoms with van der Waals surface area (Å²) in [7, 11) is 0. The fourth-order valence-electron chi connectivity index (χ4n) is 2.66. The third-order valence-corrected chi connectivity index (χ3v) is 5.42. The smallest absolute Gasteiger partial charge is 0.253 e. The van der Waals surface area contributed by atoms with Gasteiger partial charge in [0.1, 0.15) is 6.17 Å². The van der Waals surface area contributed by atoms with Crippen molar-refractivity contribution >= 4 is 90.4 Å². The van der Waals surface area contributed by atoms with Gasteiger partial charge in [0, 0.05) is 15.7 Å². The Kier molecular flexibility index (Phi) is 7.24. The number of benzene rings is 3. The Balaban J connectivity index is 1.76. The lowest BCUT2D eigenvalue weighted by Crippen LogP contribution is -2.56. The first kappa shape index (κ1) is 22.1. The number of fused-ring (bicyclic) bond motifs is 1. The van der Waals surface area contributed by atoms with Gasteiger partial charge in [-0.25, -0.2) is 0 Å². The highest BCUT2D eigenvalue weighted by Gasteiger charge is 2.35. The Morgan fingerprint density at radius 2 is 1.59 bits per heavy atom. The Labute approximate surface area is 197 Å². The molecule has 0 aliphatic heterocycles. The summed E-state index contributed by atoms with van der Waals surface area (Å²) in [5, 5.41) is 10.5. The van der Waals surface area contributed by atoms with Gasteiger partial charge in [0.2, 0.25) is 3.79 Å². The standard InChI is InChI=1S/C20H15BrCl3N3OS/c21-13-8-10-14(11-9-13)25-19(29)27-18(20(22,23)24)26-17(28)16-7-3-5-12-4-1-2-6-15(12)16/h1-11,18H,(H,26,28)(H2,25,27,29)/t18-/m1/s1. The number of hydrogen-bond donors (Lipinski definition) is 3. The van der Waals surface area contributed by atoms with E-state index < -0.39 is 15.9 Å². The molecule has 29 heavy (non-hydrogen) atoms. The number of carbonyl (C=O) groups is 1. The number of carbonyl (C=O) groups excluding carboxylic acids is 1. The summed E-state index contributed by atoms with van der Waals surface area (Å²) in [5.41, 5.74) is 1.21. The first-order valence-electron chi connectivity index (χ1n) is 8.42. The second-order valence-electron chi connectivity index (χ2n) is 6.08. The molecule has 0 aliphatic rings. The summed E-state index contributed by atoms with van der Waals surface area (Å²) < 4.78 is -0.908. The van der Waals surface area contributed by atoms with Crippen molar-refractivity contribution in [3.63, 3.8) is 0 Å². The fourth-order valence-corrected chi connectivity index (χ4v) is 3.49. The summed E-state index contributed by atoms with van der Waals surface area (Å²) in [6, 6.07) is 20.4. The zero-order valence-electron chi connectivity index (χ0n) is 14.8. The van der Waals surface area contributed by atoms with Crippen LogP contribution in [0.4, 0.5) is 5.69 Å². The second kappa shape index (κ2) is 9.49. The monoisotopic (exact) mass is 529 g/mol. The van der Waals surface area contributed by atoms with Gasteiger partial charge in [0.15, 0.2) is 5.11 Å². The minimum absolute atomic E-state index is 0.196. The number of hydrogen-bond acceptors (Lipinski definition) is 2. The van der Waals surface area contributed by atoms with Crippen molar-refractivity contribution in [1.82, 2.24) is 10.6 Å². The van der Waals surface area contributed by atoms with Crippen LogP contribution in [-0.2, 0) is 0 Å². The number of nitrogens with one attached hydrogen (secondary N) is 3. The Morgan fingerprint density at radius 1 is 0.931 bits per heavy atom. The fraction of sp³-hybridized carbons (Fsp3) is 0.100. The SMILES string of the molecule is O=C(N[C@H](NC(=S)Nc1ccc(Br)cc1)C(Cl)(Cl)Cl)c1cccc2ccccc12. The summed E-state index contributed by atoms with van der Waals surface area (Å²) in [5.74, 6) is -0.392. The molecule has 9 heteroatoms. The maximum atomic E-state index is 12.9. The molecule has 0 saturated carbocycles. The lowest BCUT2D eigenvalue weighted by atomic mass is 10.0. The van der Waals surface area contributed by atoms with Gasteiger partial charge < -0.3 is 16.0 Å². The minimum Gasteiger partial charge on any atom is -0.339 e. The summed E-state index contributed by atoms with van der Waals surface area (Å²) >= 11 is 26.9. The zero-order valence-corrected chi connectivity index (χ0v) is 19.4. The molecular weight excluding hydrogens is 517 g/mol. The van der Waals surface area contributed by atoms with Gasteiger partial charge >= 0.3 is 0 Å². The topological polar surface area (TPSA) is 53.2 Å². The number of halogens is 4. The zero-order chi connectivity index (χ0) is 21.0. The normalized spacial score (nSPS) is 12.3. The lowest BCUT2D eigenvalue weighted by Gasteiger charge is -2.28. The highest BCUT2D eigenvalue weighted by atomic mass is 79.9. The van der Waals surface area contributed by atoms with E-state index in [9.17, 15) is 4.79 Å². The molecule has 0 unspecified atom stereocenters. The van der Waals surface area contributed by atoms with E-state index in [1.807, 2.05) is 54.6 Å². The van der Waals surface area contributed by atoms with Gasteiger partial charge in [-0.1, -0.05) is 87.1 Å². The number of alkyl halides is 3. The number of rotatable bonds is 4. The van der Waals surface area contributed by atoms with E-state index in [0.717, 1.165) is 20.9 Å². The van der Waals surface area contributed by atoms with E-state index in [1.165, 1.54) is 0 Å². The van der Waals surface area contributed by atoms with E-state index in [-0.39, 0.29) is 5.11 Å². The van der Waals surface area contributed by atoms with Crippen molar-refractivity contribution in [2.75, 3.05) is 5.32 Å². The molecule has 3 aromatic rings. The van der Waals surface area contributed by atoms with Gasteiger partial charge in [-0.2, -0.15) is 0 Å². The predicted octanol–water partition coefficient (Wildman–Crippen LogP) is 6.02. The molecule has 1 amide bonds. The van der Waals surface area contributed by atoms with Crippen LogP contribution < -0.4 is 16.0 Å². The molecule has 150 valence electrons. The Bertz CT molecular complexity index is 1040. The van der Waals surface area contributed by atoms with Crippen molar-refractivity contribution in [2.24, 2.45) is 0 Å². The van der Waals surface area contributed by atoms with Crippen molar-refractivity contribution in [3.8, 4) is 0 Å². The summed E-state index contributed by atoms with van der Waals surface area (Å²) in [6.07, 6.45) is -1.06. The van der Waals surface area contributed by atoms with Gasteiger partial charge in [0.25, 0.3) is 5.91 Å². The maximum absolute atomic E-state index is 12.9. The van der Waals surface area contributed by atoms with Gasteiger partial charge in [-0.05, 0) is 53.3 Å². The van der Waals surface area contributed by atoms with E-state index in [1.54, 1.807) is 12.1 Å². The van der Waals surface area contributed by atoms with Crippen LogP contribution in [0.15, 0.2) is 71.2 Å². The number of thiocarbonyl (C=S) groups is 1. The summed E-state index contributed by atoms with van der Waals surface area (Å²) in [6.45, 7) is 0. The lowest BCUT2D eigenvalue weighted by molar-refractivity contribution is 0.0936. The Morgan fingerprint density at radius 3 is 2.28 bits per heavy atom. The van der Waals surface area contributed by atoms with Gasteiger partial charge in [0.05, 0.1) is 0 Å². The molecule has 3 aromatic carbocycles. The third-order valence-electron chi connectivity index (χ3n) is 4.01. The average Bonchev–Trinajstić information content (AvgIpc) is 2.68. The van der Waals surface area contributed by atoms with Crippen molar-refractivity contribution in [2.45, 2.75) is 9.96 Å². The van der Waals surface area contributed by atoms with Crippen LogP contribution >= 0.6 is 63.0 Å². The molecule has 0 spiro atoms. The van der Waals surface area contributed by atoms with Crippen LogP contribution in [0.5, 0.6) is 0 Å². The van der Waals surface area contributed by atoms with Crippen LogP contribution in [0.3, 0.4) is 0 Å². The van der Waals surface area contributed by atoms with Crippen LogP contribution in [-0.4, -0.2) is 21.0 Å². The van der Waals surface area contributed by atoms with Gasteiger partial charge in [-0.15, -0.1) is 0 Å². The first-order valence-corrected chi connectivity index (χ1v) is 10.8.